The molecule has 0 radical (unpaired) electrons. The molecule has 20 heavy (non-hydrogen) atoms. The number of non-ortho nitro benzene ring substituents is 1. The first-order valence-electron chi connectivity index (χ1n) is 6.31. The van der Waals surface area contributed by atoms with E-state index in [1.54, 1.807) is 6.07 Å². The second-order valence-corrected chi connectivity index (χ2v) is 4.51. The van der Waals surface area contributed by atoms with Crippen molar-refractivity contribution in [3.05, 3.63) is 28.3 Å². The number of nitrogens with zero attached hydrogens (tertiary/aromatic N) is 2. The number of benzene rings is 1. The Morgan fingerprint density at radius 1 is 1.55 bits per heavy atom. The standard InChI is InChI=1S/C12H14N4O4/c17-16(18)8-1-2-10-11(5-8)15-12(14-10)20-7-9-6-13-3-4-19-9/h1-2,5,9,13H,3-4,6-7H2,(H,14,15). The van der Waals surface area contributed by atoms with Gasteiger partial charge in [0, 0.05) is 25.2 Å². The molecule has 1 saturated heterocycles. The molecule has 1 aromatic carbocycles. The number of nitro groups is 1. The van der Waals surface area contributed by atoms with Crippen LogP contribution in [-0.2, 0) is 4.74 Å². The maximum absolute atomic E-state index is 10.7. The fourth-order valence-corrected chi connectivity index (χ4v) is 2.05. The van der Waals surface area contributed by atoms with Gasteiger partial charge < -0.3 is 19.8 Å². The van der Waals surface area contributed by atoms with Crippen LogP contribution in [0.3, 0.4) is 0 Å². The minimum atomic E-state index is -0.442. The molecule has 3 rings (SSSR count). The Morgan fingerprint density at radius 3 is 3.20 bits per heavy atom. The molecule has 0 spiro atoms. The number of H-pyrrole nitrogens is 1. The van der Waals surface area contributed by atoms with Crippen LogP contribution in [0, 0.1) is 10.1 Å². The minimum absolute atomic E-state index is 0.00806. The van der Waals surface area contributed by atoms with E-state index in [2.05, 4.69) is 15.3 Å². The summed E-state index contributed by atoms with van der Waals surface area (Å²) in [4.78, 5) is 17.4. The number of rotatable bonds is 4. The van der Waals surface area contributed by atoms with Crippen LogP contribution in [-0.4, -0.2) is 47.3 Å². The summed E-state index contributed by atoms with van der Waals surface area (Å²) < 4.78 is 11.0. The van der Waals surface area contributed by atoms with Gasteiger partial charge in [0.15, 0.2) is 0 Å². The third-order valence-electron chi connectivity index (χ3n) is 3.06. The van der Waals surface area contributed by atoms with Gasteiger partial charge >= 0.3 is 0 Å². The maximum Gasteiger partial charge on any atom is 0.294 e. The average molecular weight is 278 g/mol. The third kappa shape index (κ3) is 2.70. The number of aromatic nitrogens is 2. The number of morpholine rings is 1. The summed E-state index contributed by atoms with van der Waals surface area (Å²) in [5.74, 6) is 0. The number of imidazole rings is 1. The van der Waals surface area contributed by atoms with Crippen molar-refractivity contribution in [2.45, 2.75) is 6.10 Å². The predicted octanol–water partition coefficient (Wildman–Crippen LogP) is 0.838. The van der Waals surface area contributed by atoms with Crippen LogP contribution in [0.15, 0.2) is 18.2 Å². The van der Waals surface area contributed by atoms with Gasteiger partial charge in [0.05, 0.1) is 22.6 Å². The van der Waals surface area contributed by atoms with Gasteiger partial charge in [-0.25, -0.2) is 0 Å². The molecule has 1 aliphatic heterocycles. The zero-order chi connectivity index (χ0) is 13.9. The van der Waals surface area contributed by atoms with Crippen LogP contribution in [0.25, 0.3) is 11.0 Å². The molecule has 0 aliphatic carbocycles. The molecule has 1 aromatic heterocycles. The average Bonchev–Trinajstić information content (AvgIpc) is 2.88. The Bertz CT molecular complexity index is 621. The Hall–Kier alpha value is -2.19. The molecule has 2 N–H and O–H groups in total. The monoisotopic (exact) mass is 278 g/mol. The van der Waals surface area contributed by atoms with Crippen LogP contribution in [0.5, 0.6) is 6.01 Å². The highest BCUT2D eigenvalue weighted by Gasteiger charge is 2.15. The molecule has 1 aliphatic rings. The molecule has 2 aromatic rings. The normalized spacial score (nSPS) is 19.1. The van der Waals surface area contributed by atoms with Crippen molar-refractivity contribution in [1.29, 1.82) is 0 Å². The number of nitro benzene ring substituents is 1. The number of fused-ring (bicyclic) bond motifs is 1. The van der Waals surface area contributed by atoms with Crippen molar-refractivity contribution in [3.63, 3.8) is 0 Å². The number of hydrogen-bond acceptors (Lipinski definition) is 6. The molecule has 0 saturated carbocycles. The fraction of sp³-hybridized carbons (Fsp3) is 0.417. The largest absolute Gasteiger partial charge is 0.462 e. The lowest BCUT2D eigenvalue weighted by atomic mass is 10.3. The van der Waals surface area contributed by atoms with Gasteiger partial charge in [-0.2, -0.15) is 4.98 Å². The topological polar surface area (TPSA) is 102 Å². The fourth-order valence-electron chi connectivity index (χ4n) is 2.05. The van der Waals surface area contributed by atoms with E-state index in [1.165, 1.54) is 12.1 Å². The molecule has 1 atom stereocenters. The van der Waals surface area contributed by atoms with Crippen molar-refractivity contribution in [1.82, 2.24) is 15.3 Å². The van der Waals surface area contributed by atoms with Crippen LogP contribution < -0.4 is 10.1 Å². The molecular weight excluding hydrogens is 264 g/mol. The molecule has 0 bridgehead atoms. The Balaban J connectivity index is 1.70. The van der Waals surface area contributed by atoms with E-state index < -0.39 is 4.92 Å². The number of ether oxygens (including phenoxy) is 2. The predicted molar refractivity (Wildman–Crippen MR) is 70.9 cm³/mol. The summed E-state index contributed by atoms with van der Waals surface area (Å²) in [6.45, 7) is 2.64. The summed E-state index contributed by atoms with van der Waals surface area (Å²) in [5, 5.41) is 13.9. The van der Waals surface area contributed by atoms with Crippen LogP contribution in [0.2, 0.25) is 0 Å². The van der Waals surface area contributed by atoms with Crippen molar-refractivity contribution in [2.75, 3.05) is 26.3 Å². The molecular formula is C12H14N4O4. The van der Waals surface area contributed by atoms with Gasteiger partial charge in [0.2, 0.25) is 0 Å². The summed E-state index contributed by atoms with van der Waals surface area (Å²) in [6, 6.07) is 4.79. The molecule has 0 amide bonds. The molecule has 1 fully saturated rings. The van der Waals surface area contributed by atoms with Crippen molar-refractivity contribution in [3.8, 4) is 6.01 Å². The second-order valence-electron chi connectivity index (χ2n) is 4.51. The molecule has 8 heteroatoms. The highest BCUT2D eigenvalue weighted by molar-refractivity contribution is 5.78. The molecule has 1 unspecified atom stereocenters. The van der Waals surface area contributed by atoms with E-state index in [0.717, 1.165) is 13.1 Å². The zero-order valence-corrected chi connectivity index (χ0v) is 10.7. The summed E-state index contributed by atoms with van der Waals surface area (Å²) in [7, 11) is 0. The lowest BCUT2D eigenvalue weighted by Crippen LogP contribution is -2.41. The Kier molecular flexibility index (Phi) is 3.48. The summed E-state index contributed by atoms with van der Waals surface area (Å²) in [5.41, 5.74) is 1.23. The third-order valence-corrected chi connectivity index (χ3v) is 3.06. The first kappa shape index (κ1) is 12.8. The van der Waals surface area contributed by atoms with E-state index in [4.69, 9.17) is 9.47 Å². The van der Waals surface area contributed by atoms with Crippen LogP contribution in [0.4, 0.5) is 5.69 Å². The maximum atomic E-state index is 10.7. The lowest BCUT2D eigenvalue weighted by Gasteiger charge is -2.22. The summed E-state index contributed by atoms with van der Waals surface area (Å²) in [6.07, 6.45) is -0.00806. The van der Waals surface area contributed by atoms with Crippen LogP contribution >= 0.6 is 0 Å². The van der Waals surface area contributed by atoms with E-state index in [1.807, 2.05) is 0 Å². The van der Waals surface area contributed by atoms with Gasteiger partial charge in [0.1, 0.15) is 12.7 Å². The van der Waals surface area contributed by atoms with Crippen molar-refractivity contribution in [2.24, 2.45) is 0 Å². The minimum Gasteiger partial charge on any atom is -0.462 e. The van der Waals surface area contributed by atoms with Gasteiger partial charge in [-0.1, -0.05) is 0 Å². The van der Waals surface area contributed by atoms with E-state index >= 15 is 0 Å². The lowest BCUT2D eigenvalue weighted by molar-refractivity contribution is -0.384. The van der Waals surface area contributed by atoms with Gasteiger partial charge in [-0.15, -0.1) is 0 Å². The highest BCUT2D eigenvalue weighted by Crippen LogP contribution is 2.21. The van der Waals surface area contributed by atoms with E-state index in [9.17, 15) is 10.1 Å². The smallest absolute Gasteiger partial charge is 0.294 e. The SMILES string of the molecule is O=[N+]([O-])c1ccc2nc(OCC3CNCCO3)[nH]c2c1. The van der Waals surface area contributed by atoms with E-state index in [-0.39, 0.29) is 11.8 Å². The second kappa shape index (κ2) is 5.43. The number of hydrogen-bond donors (Lipinski definition) is 2. The molecule has 2 heterocycles. The van der Waals surface area contributed by atoms with Gasteiger partial charge in [0.25, 0.3) is 11.7 Å². The highest BCUT2D eigenvalue weighted by atomic mass is 16.6. The number of nitrogens with one attached hydrogen (secondary N) is 2. The van der Waals surface area contributed by atoms with Crippen LogP contribution in [0.1, 0.15) is 0 Å². The van der Waals surface area contributed by atoms with Crippen molar-refractivity contribution >= 4 is 16.7 Å². The van der Waals surface area contributed by atoms with Gasteiger partial charge in [-0.3, -0.25) is 10.1 Å². The Labute approximate surface area is 114 Å². The number of aromatic amines is 1. The molecule has 8 nitrogen and oxygen atoms in total. The quantitative estimate of drug-likeness (QED) is 0.634. The van der Waals surface area contributed by atoms with Crippen molar-refractivity contribution < 1.29 is 14.4 Å². The van der Waals surface area contributed by atoms with E-state index in [0.29, 0.717) is 30.3 Å². The molecule has 106 valence electrons. The zero-order valence-electron chi connectivity index (χ0n) is 10.7. The van der Waals surface area contributed by atoms with Gasteiger partial charge in [-0.05, 0) is 6.07 Å². The summed E-state index contributed by atoms with van der Waals surface area (Å²) >= 11 is 0. The first-order chi connectivity index (χ1) is 9.72. The first-order valence-corrected chi connectivity index (χ1v) is 6.31. The Morgan fingerprint density at radius 2 is 2.45 bits per heavy atom.